The summed E-state index contributed by atoms with van der Waals surface area (Å²) in [7, 11) is 1.64. The topological polar surface area (TPSA) is 69.0 Å². The summed E-state index contributed by atoms with van der Waals surface area (Å²) in [6.07, 6.45) is 2.55. The number of methoxy groups -OCH3 is 1. The van der Waals surface area contributed by atoms with Crippen LogP contribution in [0.5, 0.6) is 11.5 Å². The molecule has 0 bridgehead atoms. The first kappa shape index (κ1) is 19.1. The third kappa shape index (κ3) is 3.83. The fraction of sp³-hybridized carbons (Fsp3) is 0.304. The lowest BCUT2D eigenvalue weighted by atomic mass is 10.0. The van der Waals surface area contributed by atoms with Crippen LogP contribution < -0.4 is 20.0 Å². The van der Waals surface area contributed by atoms with Crippen LogP contribution >= 0.6 is 0 Å². The number of amides is 1. The standard InChI is InChI=1S/C23H23NO5/c1-3-15-12-23(26)29-21-13-18(6-8-19(15)21)28-14-22(25)24-10-4-5-16-11-17(27-2)7-9-20(16)24/h6-9,11-13H,3-5,10,14H2,1-2H3. The molecule has 0 saturated carbocycles. The van der Waals surface area contributed by atoms with Crippen molar-refractivity contribution in [3.63, 3.8) is 0 Å². The Hall–Kier alpha value is -3.28. The summed E-state index contributed by atoms with van der Waals surface area (Å²) >= 11 is 0. The maximum absolute atomic E-state index is 12.8. The van der Waals surface area contributed by atoms with Crippen molar-refractivity contribution in [3.05, 3.63) is 64.0 Å². The van der Waals surface area contributed by atoms with Gasteiger partial charge in [0.1, 0.15) is 17.1 Å². The molecule has 3 aromatic rings. The van der Waals surface area contributed by atoms with E-state index in [1.165, 1.54) is 6.07 Å². The molecule has 2 aromatic carbocycles. The van der Waals surface area contributed by atoms with Gasteiger partial charge in [-0.15, -0.1) is 0 Å². The maximum Gasteiger partial charge on any atom is 0.336 e. The Bertz CT molecular complexity index is 1120. The van der Waals surface area contributed by atoms with E-state index >= 15 is 0 Å². The maximum atomic E-state index is 12.8. The molecule has 1 amide bonds. The number of nitrogens with zero attached hydrogens (tertiary/aromatic N) is 1. The number of carbonyl (C=O) groups is 1. The normalized spacial score (nSPS) is 13.2. The third-order valence-electron chi connectivity index (χ3n) is 5.25. The van der Waals surface area contributed by atoms with E-state index < -0.39 is 0 Å². The van der Waals surface area contributed by atoms with Gasteiger partial charge in [0, 0.05) is 29.8 Å². The van der Waals surface area contributed by atoms with Crippen molar-refractivity contribution in [2.45, 2.75) is 26.2 Å². The molecular formula is C23H23NO5. The molecule has 1 aliphatic rings. The lowest BCUT2D eigenvalue weighted by Crippen LogP contribution is -2.38. The van der Waals surface area contributed by atoms with E-state index in [1.807, 2.05) is 31.2 Å². The van der Waals surface area contributed by atoms with Crippen LogP contribution in [-0.2, 0) is 17.6 Å². The summed E-state index contributed by atoms with van der Waals surface area (Å²) in [4.78, 5) is 26.3. The van der Waals surface area contributed by atoms with Gasteiger partial charge in [0.05, 0.1) is 7.11 Å². The van der Waals surface area contributed by atoms with Crippen molar-refractivity contribution in [1.29, 1.82) is 0 Å². The first-order chi connectivity index (χ1) is 14.1. The average Bonchev–Trinajstić information content (AvgIpc) is 2.75. The van der Waals surface area contributed by atoms with Gasteiger partial charge in [-0.3, -0.25) is 4.79 Å². The van der Waals surface area contributed by atoms with Gasteiger partial charge < -0.3 is 18.8 Å². The monoisotopic (exact) mass is 393 g/mol. The summed E-state index contributed by atoms with van der Waals surface area (Å²) < 4.78 is 16.3. The first-order valence-electron chi connectivity index (χ1n) is 9.76. The number of anilines is 1. The molecule has 150 valence electrons. The highest BCUT2D eigenvalue weighted by atomic mass is 16.5. The number of hydrogen-bond donors (Lipinski definition) is 0. The van der Waals surface area contributed by atoms with Gasteiger partial charge in [0.15, 0.2) is 6.61 Å². The minimum atomic E-state index is -0.386. The Morgan fingerprint density at radius 2 is 1.97 bits per heavy atom. The molecule has 6 heteroatoms. The zero-order valence-electron chi connectivity index (χ0n) is 16.6. The largest absolute Gasteiger partial charge is 0.497 e. The zero-order valence-corrected chi connectivity index (χ0v) is 16.6. The van der Waals surface area contributed by atoms with Crippen LogP contribution in [0.15, 0.2) is 51.7 Å². The first-order valence-corrected chi connectivity index (χ1v) is 9.76. The molecule has 0 N–H and O–H groups in total. The second kappa shape index (κ2) is 7.99. The SMILES string of the molecule is CCc1cc(=O)oc2cc(OCC(=O)N3CCCc4cc(OC)ccc43)ccc12. The molecule has 0 spiro atoms. The molecule has 0 atom stereocenters. The number of aryl methyl sites for hydroxylation is 2. The van der Waals surface area contributed by atoms with Gasteiger partial charge in [-0.05, 0) is 60.7 Å². The molecule has 4 rings (SSSR count). The summed E-state index contributed by atoms with van der Waals surface area (Å²) in [5.41, 5.74) is 3.02. The number of ether oxygens (including phenoxy) is 2. The predicted octanol–water partition coefficient (Wildman–Crippen LogP) is 3.72. The van der Waals surface area contributed by atoms with Crippen LogP contribution in [0, 0.1) is 0 Å². The van der Waals surface area contributed by atoms with Gasteiger partial charge >= 0.3 is 5.63 Å². The minimum absolute atomic E-state index is 0.0886. The van der Waals surface area contributed by atoms with Crippen molar-refractivity contribution in [1.82, 2.24) is 0 Å². The van der Waals surface area contributed by atoms with E-state index in [4.69, 9.17) is 13.9 Å². The van der Waals surface area contributed by atoms with Crippen molar-refractivity contribution < 1.29 is 18.7 Å². The second-order valence-electron chi connectivity index (χ2n) is 7.03. The molecule has 1 aliphatic heterocycles. The molecule has 0 saturated heterocycles. The van der Waals surface area contributed by atoms with Gasteiger partial charge in [0.25, 0.3) is 5.91 Å². The Labute approximate surface area is 168 Å². The average molecular weight is 393 g/mol. The molecule has 0 radical (unpaired) electrons. The van der Waals surface area contributed by atoms with Crippen LogP contribution in [0.25, 0.3) is 11.0 Å². The molecule has 6 nitrogen and oxygen atoms in total. The van der Waals surface area contributed by atoms with Gasteiger partial charge in [-0.2, -0.15) is 0 Å². The summed E-state index contributed by atoms with van der Waals surface area (Å²) in [5.74, 6) is 1.17. The van der Waals surface area contributed by atoms with Crippen molar-refractivity contribution in [2.24, 2.45) is 0 Å². The van der Waals surface area contributed by atoms with E-state index in [-0.39, 0.29) is 18.1 Å². The van der Waals surface area contributed by atoms with Crippen LogP contribution in [0.2, 0.25) is 0 Å². The molecule has 0 unspecified atom stereocenters. The van der Waals surface area contributed by atoms with Crippen LogP contribution in [0.4, 0.5) is 5.69 Å². The fourth-order valence-corrected chi connectivity index (χ4v) is 3.78. The van der Waals surface area contributed by atoms with E-state index in [1.54, 1.807) is 24.1 Å². The fourth-order valence-electron chi connectivity index (χ4n) is 3.78. The van der Waals surface area contributed by atoms with Crippen molar-refractivity contribution in [3.8, 4) is 11.5 Å². The Kier molecular flexibility index (Phi) is 5.25. The van der Waals surface area contributed by atoms with E-state index in [9.17, 15) is 9.59 Å². The number of carbonyl (C=O) groups excluding carboxylic acids is 1. The Balaban J connectivity index is 1.51. The van der Waals surface area contributed by atoms with E-state index in [2.05, 4.69) is 0 Å². The lowest BCUT2D eigenvalue weighted by molar-refractivity contribution is -0.120. The van der Waals surface area contributed by atoms with Gasteiger partial charge in [-0.25, -0.2) is 4.79 Å². The quantitative estimate of drug-likeness (QED) is 0.618. The minimum Gasteiger partial charge on any atom is -0.497 e. The lowest BCUT2D eigenvalue weighted by Gasteiger charge is -2.29. The number of benzene rings is 2. The molecular weight excluding hydrogens is 370 g/mol. The zero-order chi connectivity index (χ0) is 20.4. The highest BCUT2D eigenvalue weighted by molar-refractivity contribution is 5.95. The summed E-state index contributed by atoms with van der Waals surface area (Å²) in [6.45, 7) is 2.56. The summed E-state index contributed by atoms with van der Waals surface area (Å²) in [5, 5.41) is 0.879. The third-order valence-corrected chi connectivity index (χ3v) is 5.25. The molecule has 2 heterocycles. The van der Waals surface area contributed by atoms with E-state index in [0.29, 0.717) is 17.9 Å². The van der Waals surface area contributed by atoms with Crippen LogP contribution in [0.3, 0.4) is 0 Å². The summed E-state index contributed by atoms with van der Waals surface area (Å²) in [6, 6.07) is 12.6. The van der Waals surface area contributed by atoms with Gasteiger partial charge in [-0.1, -0.05) is 6.92 Å². The number of hydrogen-bond acceptors (Lipinski definition) is 5. The second-order valence-corrected chi connectivity index (χ2v) is 7.03. The van der Waals surface area contributed by atoms with Crippen LogP contribution in [0.1, 0.15) is 24.5 Å². The van der Waals surface area contributed by atoms with E-state index in [0.717, 1.165) is 47.2 Å². The number of fused-ring (bicyclic) bond motifs is 2. The molecule has 0 aliphatic carbocycles. The predicted molar refractivity (Wildman–Crippen MR) is 111 cm³/mol. The molecule has 29 heavy (non-hydrogen) atoms. The Morgan fingerprint density at radius 1 is 1.14 bits per heavy atom. The van der Waals surface area contributed by atoms with Gasteiger partial charge in [0.2, 0.25) is 0 Å². The highest BCUT2D eigenvalue weighted by Crippen LogP contribution is 2.31. The highest BCUT2D eigenvalue weighted by Gasteiger charge is 2.23. The van der Waals surface area contributed by atoms with Crippen LogP contribution in [-0.4, -0.2) is 26.2 Å². The Morgan fingerprint density at radius 3 is 2.76 bits per heavy atom. The van der Waals surface area contributed by atoms with Crippen molar-refractivity contribution in [2.75, 3.05) is 25.2 Å². The molecule has 1 aromatic heterocycles. The smallest absolute Gasteiger partial charge is 0.336 e. The number of rotatable bonds is 5. The van der Waals surface area contributed by atoms with Crippen molar-refractivity contribution >= 4 is 22.6 Å². The molecule has 0 fully saturated rings.